The lowest BCUT2D eigenvalue weighted by atomic mass is 10.1. The zero-order valence-electron chi connectivity index (χ0n) is 10.4. The van der Waals surface area contributed by atoms with Crippen LogP contribution in [0.5, 0.6) is 0 Å². The average Bonchev–Trinajstić information content (AvgIpc) is 2.67. The predicted octanol–water partition coefficient (Wildman–Crippen LogP) is 4.65. The third-order valence-corrected chi connectivity index (χ3v) is 3.86. The Morgan fingerprint density at radius 1 is 1.28 bits per heavy atom. The molecule has 0 saturated carbocycles. The quantitative estimate of drug-likeness (QED) is 0.764. The molecule has 0 radical (unpaired) electrons. The molecule has 0 aliphatic heterocycles. The summed E-state index contributed by atoms with van der Waals surface area (Å²) >= 11 is 7.91. The molecule has 2 aromatic rings. The van der Waals surface area contributed by atoms with Crippen molar-refractivity contribution in [3.63, 3.8) is 0 Å². The normalized spacial score (nSPS) is 11.2. The Kier molecular flexibility index (Phi) is 3.97. The molecule has 96 valence electrons. The fourth-order valence-corrected chi connectivity index (χ4v) is 2.90. The van der Waals surface area contributed by atoms with E-state index in [1.54, 1.807) is 23.9 Å². The Morgan fingerprint density at radius 2 is 1.89 bits per heavy atom. The lowest BCUT2D eigenvalue weighted by molar-refractivity contribution is 0.494. The van der Waals surface area contributed by atoms with Gasteiger partial charge in [-0.3, -0.25) is 4.68 Å². The predicted molar refractivity (Wildman–Crippen MR) is 74.8 cm³/mol. The third-order valence-electron chi connectivity index (χ3n) is 2.61. The van der Waals surface area contributed by atoms with E-state index in [2.05, 4.69) is 18.9 Å². The Morgan fingerprint density at radius 3 is 2.33 bits per heavy atom. The molecule has 0 spiro atoms. The molecule has 1 aromatic heterocycles. The van der Waals surface area contributed by atoms with E-state index in [0.29, 0.717) is 10.7 Å². The van der Waals surface area contributed by atoms with Crippen LogP contribution in [0, 0.1) is 5.82 Å². The van der Waals surface area contributed by atoms with Crippen molar-refractivity contribution in [1.82, 2.24) is 9.78 Å². The van der Waals surface area contributed by atoms with Crippen molar-refractivity contribution in [3.05, 3.63) is 35.1 Å². The molecule has 0 saturated heterocycles. The minimum atomic E-state index is -0.261. The maximum absolute atomic E-state index is 12.9. The van der Waals surface area contributed by atoms with Gasteiger partial charge in [-0.15, -0.1) is 11.8 Å². The van der Waals surface area contributed by atoms with Crippen LogP contribution in [0.4, 0.5) is 4.39 Å². The molecule has 0 aliphatic rings. The van der Waals surface area contributed by atoms with Gasteiger partial charge in [-0.05, 0) is 44.4 Å². The molecule has 1 aromatic carbocycles. The van der Waals surface area contributed by atoms with Crippen LogP contribution in [0.15, 0.2) is 29.3 Å². The van der Waals surface area contributed by atoms with Gasteiger partial charge in [0.15, 0.2) is 0 Å². The average molecular weight is 285 g/mol. The van der Waals surface area contributed by atoms with E-state index in [-0.39, 0.29) is 11.9 Å². The lowest BCUT2D eigenvalue weighted by Crippen LogP contribution is -2.04. The number of hydrogen-bond acceptors (Lipinski definition) is 2. The Labute approximate surface area is 115 Å². The van der Waals surface area contributed by atoms with Gasteiger partial charge < -0.3 is 0 Å². The summed E-state index contributed by atoms with van der Waals surface area (Å²) in [6.45, 7) is 4.11. The maximum atomic E-state index is 12.9. The third kappa shape index (κ3) is 2.40. The molecule has 0 unspecified atom stereocenters. The van der Waals surface area contributed by atoms with E-state index in [4.69, 9.17) is 11.6 Å². The highest BCUT2D eigenvalue weighted by atomic mass is 35.5. The van der Waals surface area contributed by atoms with Crippen molar-refractivity contribution < 1.29 is 4.39 Å². The van der Waals surface area contributed by atoms with Gasteiger partial charge >= 0.3 is 0 Å². The highest BCUT2D eigenvalue weighted by Gasteiger charge is 2.18. The number of halogens is 2. The van der Waals surface area contributed by atoms with Crippen LogP contribution >= 0.6 is 23.4 Å². The largest absolute Gasteiger partial charge is 0.254 e. The number of benzene rings is 1. The Balaban J connectivity index is 2.55. The summed E-state index contributed by atoms with van der Waals surface area (Å²) in [7, 11) is 0. The van der Waals surface area contributed by atoms with Crippen LogP contribution in [-0.4, -0.2) is 16.0 Å². The van der Waals surface area contributed by atoms with Gasteiger partial charge in [0.1, 0.15) is 21.6 Å². The van der Waals surface area contributed by atoms with Crippen LogP contribution in [0.1, 0.15) is 19.9 Å². The highest BCUT2D eigenvalue weighted by molar-refractivity contribution is 7.98. The lowest BCUT2D eigenvalue weighted by Gasteiger charge is -2.08. The molecule has 0 aliphatic carbocycles. The minimum Gasteiger partial charge on any atom is -0.254 e. The van der Waals surface area contributed by atoms with Crippen LogP contribution in [0.2, 0.25) is 5.02 Å². The number of hydrogen-bond donors (Lipinski definition) is 0. The van der Waals surface area contributed by atoms with Crippen LogP contribution in [0.25, 0.3) is 11.3 Å². The van der Waals surface area contributed by atoms with Gasteiger partial charge in [0, 0.05) is 11.6 Å². The van der Waals surface area contributed by atoms with Crippen molar-refractivity contribution in [3.8, 4) is 11.3 Å². The van der Waals surface area contributed by atoms with E-state index in [9.17, 15) is 4.39 Å². The summed E-state index contributed by atoms with van der Waals surface area (Å²) in [5, 5.41) is 6.09. The molecule has 5 heteroatoms. The summed E-state index contributed by atoms with van der Waals surface area (Å²) < 4.78 is 14.8. The van der Waals surface area contributed by atoms with Crippen LogP contribution < -0.4 is 0 Å². The van der Waals surface area contributed by atoms with E-state index in [1.807, 2.05) is 10.9 Å². The SMILES string of the molecule is CSc1c(Cl)c(-c2ccc(F)cc2)nn1C(C)C. The van der Waals surface area contributed by atoms with Crippen LogP contribution in [-0.2, 0) is 0 Å². The number of nitrogens with zero attached hydrogens (tertiary/aromatic N) is 2. The van der Waals surface area contributed by atoms with E-state index < -0.39 is 0 Å². The van der Waals surface area contributed by atoms with E-state index in [0.717, 1.165) is 10.6 Å². The molecular formula is C13H14ClFN2S. The fourth-order valence-electron chi connectivity index (χ4n) is 1.72. The summed E-state index contributed by atoms with van der Waals surface area (Å²) in [5.74, 6) is -0.261. The summed E-state index contributed by atoms with van der Waals surface area (Å²) in [4.78, 5) is 0. The molecule has 0 fully saturated rings. The fraction of sp³-hybridized carbons (Fsp3) is 0.308. The van der Waals surface area contributed by atoms with E-state index >= 15 is 0 Å². The van der Waals surface area contributed by atoms with Gasteiger partial charge in [-0.1, -0.05) is 11.6 Å². The second-order valence-corrected chi connectivity index (χ2v) is 5.39. The smallest absolute Gasteiger partial charge is 0.123 e. The first-order valence-electron chi connectivity index (χ1n) is 5.62. The molecule has 1 heterocycles. The topological polar surface area (TPSA) is 17.8 Å². The molecule has 2 nitrogen and oxygen atoms in total. The first-order valence-corrected chi connectivity index (χ1v) is 7.22. The van der Waals surface area contributed by atoms with Crippen molar-refractivity contribution in [2.75, 3.05) is 6.26 Å². The Bertz CT molecular complexity index is 549. The molecular weight excluding hydrogens is 271 g/mol. The van der Waals surface area contributed by atoms with Crippen molar-refractivity contribution in [2.45, 2.75) is 24.9 Å². The monoisotopic (exact) mass is 284 g/mol. The highest BCUT2D eigenvalue weighted by Crippen LogP contribution is 2.36. The van der Waals surface area contributed by atoms with Gasteiger partial charge in [-0.25, -0.2) is 4.39 Å². The van der Waals surface area contributed by atoms with Gasteiger partial charge in [0.05, 0.1) is 0 Å². The van der Waals surface area contributed by atoms with Gasteiger partial charge in [0.25, 0.3) is 0 Å². The first-order chi connectivity index (χ1) is 8.54. The standard InChI is InChI=1S/C13H14ClFN2S/c1-8(2)17-13(18-3)11(14)12(16-17)9-4-6-10(15)7-5-9/h4-8H,1-3H3. The summed E-state index contributed by atoms with van der Waals surface area (Å²) in [5.41, 5.74) is 1.53. The first kappa shape index (κ1) is 13.4. The summed E-state index contributed by atoms with van der Waals surface area (Å²) in [6, 6.07) is 6.45. The van der Waals surface area contributed by atoms with Crippen molar-refractivity contribution in [1.29, 1.82) is 0 Å². The number of rotatable bonds is 3. The van der Waals surface area contributed by atoms with Crippen molar-refractivity contribution in [2.24, 2.45) is 0 Å². The molecule has 0 bridgehead atoms. The second-order valence-electron chi connectivity index (χ2n) is 4.22. The number of aromatic nitrogens is 2. The Hall–Kier alpha value is -1.00. The van der Waals surface area contributed by atoms with Gasteiger partial charge in [0.2, 0.25) is 0 Å². The number of thioether (sulfide) groups is 1. The molecule has 2 rings (SSSR count). The zero-order valence-corrected chi connectivity index (χ0v) is 12.0. The van der Waals surface area contributed by atoms with Crippen molar-refractivity contribution >= 4 is 23.4 Å². The molecule has 0 amide bonds. The second kappa shape index (κ2) is 5.33. The molecule has 0 N–H and O–H groups in total. The maximum Gasteiger partial charge on any atom is 0.123 e. The molecule has 18 heavy (non-hydrogen) atoms. The van der Waals surface area contributed by atoms with Crippen LogP contribution in [0.3, 0.4) is 0 Å². The zero-order chi connectivity index (χ0) is 13.3. The van der Waals surface area contributed by atoms with E-state index in [1.165, 1.54) is 12.1 Å². The van der Waals surface area contributed by atoms with Gasteiger partial charge in [-0.2, -0.15) is 5.10 Å². The summed E-state index contributed by atoms with van der Waals surface area (Å²) in [6.07, 6.45) is 1.97. The molecule has 0 atom stereocenters. The minimum absolute atomic E-state index is 0.235.